The molecule has 0 aromatic carbocycles. The van der Waals surface area contributed by atoms with E-state index < -0.39 is 0 Å². The molecule has 1 unspecified atom stereocenters. The van der Waals surface area contributed by atoms with Crippen molar-refractivity contribution < 1.29 is 0 Å². The highest BCUT2D eigenvalue weighted by Gasteiger charge is 2.35. The van der Waals surface area contributed by atoms with Crippen LogP contribution in [0.2, 0.25) is 0 Å². The Morgan fingerprint density at radius 2 is 1.80 bits per heavy atom. The molecule has 1 N–H and O–H groups in total. The summed E-state index contributed by atoms with van der Waals surface area (Å²) in [6, 6.07) is 0.354. The minimum Gasteiger partial charge on any atom is -0.360 e. The van der Waals surface area contributed by atoms with Crippen LogP contribution in [-0.4, -0.2) is 72.4 Å². The van der Waals surface area contributed by atoms with Crippen LogP contribution in [0.5, 0.6) is 0 Å². The average molecular weight is 210 g/mol. The molecule has 2 bridgehead atoms. The molecule has 1 atom stereocenters. The fourth-order valence-electron chi connectivity index (χ4n) is 2.65. The van der Waals surface area contributed by atoms with Crippen molar-refractivity contribution in [2.24, 2.45) is 0 Å². The van der Waals surface area contributed by atoms with Crippen molar-refractivity contribution in [1.82, 2.24) is 14.7 Å². The van der Waals surface area contributed by atoms with Crippen molar-refractivity contribution >= 4 is 5.84 Å². The number of hydrogen-bond acceptors (Lipinski definition) is 3. The molecular weight excluding hydrogens is 188 g/mol. The molecule has 3 saturated heterocycles. The van der Waals surface area contributed by atoms with Gasteiger partial charge in [-0.05, 0) is 13.8 Å². The first-order chi connectivity index (χ1) is 7.26. The fraction of sp³-hybridized carbons (Fsp3) is 0.909. The average Bonchev–Trinajstić information content (AvgIpc) is 2.32. The normalized spacial score (nSPS) is 34.1. The number of fused-ring (bicyclic) bond motifs is 3. The molecule has 3 aliphatic rings. The number of nitrogens with zero attached hydrogens (tertiary/aromatic N) is 3. The summed E-state index contributed by atoms with van der Waals surface area (Å²) in [6.07, 6.45) is 0. The van der Waals surface area contributed by atoms with E-state index in [1.54, 1.807) is 0 Å². The maximum absolute atomic E-state index is 8.25. The Balaban J connectivity index is 2.01. The Labute approximate surface area is 92.3 Å². The number of nitrogens with one attached hydrogen (secondary N) is 1. The van der Waals surface area contributed by atoms with Gasteiger partial charge in [-0.2, -0.15) is 0 Å². The third-order valence-corrected chi connectivity index (χ3v) is 3.70. The first-order valence-corrected chi connectivity index (χ1v) is 6.06. The van der Waals surface area contributed by atoms with Gasteiger partial charge in [-0.15, -0.1) is 0 Å². The minimum atomic E-state index is 0.354. The van der Waals surface area contributed by atoms with Gasteiger partial charge in [0.05, 0.1) is 6.04 Å². The molecule has 3 heterocycles. The van der Waals surface area contributed by atoms with E-state index in [1.165, 1.54) is 13.1 Å². The lowest BCUT2D eigenvalue weighted by molar-refractivity contribution is 0.0359. The summed E-state index contributed by atoms with van der Waals surface area (Å²) in [5.74, 6) is 0.824. The first-order valence-electron chi connectivity index (χ1n) is 6.06. The minimum absolute atomic E-state index is 0.354. The van der Waals surface area contributed by atoms with Crippen LogP contribution in [0.1, 0.15) is 13.8 Å². The Kier molecular flexibility index (Phi) is 3.26. The molecule has 0 amide bonds. The van der Waals surface area contributed by atoms with Crippen molar-refractivity contribution in [1.29, 1.82) is 5.41 Å². The SMILES string of the molecule is CCN(CC)C(=N)C1CN2CCN1CC2. The zero-order valence-corrected chi connectivity index (χ0v) is 9.87. The van der Waals surface area contributed by atoms with Gasteiger partial charge < -0.3 is 4.90 Å². The third-order valence-electron chi connectivity index (χ3n) is 3.70. The van der Waals surface area contributed by atoms with E-state index >= 15 is 0 Å². The summed E-state index contributed by atoms with van der Waals surface area (Å²) < 4.78 is 0. The topological polar surface area (TPSA) is 33.6 Å². The van der Waals surface area contributed by atoms with E-state index in [0.717, 1.165) is 38.6 Å². The zero-order chi connectivity index (χ0) is 10.8. The van der Waals surface area contributed by atoms with Crippen LogP contribution >= 0.6 is 0 Å². The van der Waals surface area contributed by atoms with E-state index in [4.69, 9.17) is 5.41 Å². The van der Waals surface area contributed by atoms with Gasteiger partial charge in [0.25, 0.3) is 0 Å². The van der Waals surface area contributed by atoms with Crippen LogP contribution in [0.15, 0.2) is 0 Å². The Bertz CT molecular complexity index is 229. The van der Waals surface area contributed by atoms with Gasteiger partial charge in [0, 0.05) is 45.8 Å². The van der Waals surface area contributed by atoms with Crippen molar-refractivity contribution in [3.8, 4) is 0 Å². The van der Waals surface area contributed by atoms with Crippen molar-refractivity contribution in [2.45, 2.75) is 19.9 Å². The second-order valence-corrected chi connectivity index (χ2v) is 4.41. The lowest BCUT2D eigenvalue weighted by Gasteiger charge is -2.48. The monoisotopic (exact) mass is 210 g/mol. The Morgan fingerprint density at radius 3 is 2.20 bits per heavy atom. The quantitative estimate of drug-likeness (QED) is 0.537. The molecular formula is C11H22N4. The van der Waals surface area contributed by atoms with Crippen LogP contribution in [-0.2, 0) is 0 Å². The van der Waals surface area contributed by atoms with E-state index in [-0.39, 0.29) is 0 Å². The Morgan fingerprint density at radius 1 is 1.20 bits per heavy atom. The maximum Gasteiger partial charge on any atom is 0.115 e. The predicted molar refractivity (Wildman–Crippen MR) is 62.4 cm³/mol. The highest BCUT2D eigenvalue weighted by Crippen LogP contribution is 2.17. The van der Waals surface area contributed by atoms with E-state index in [9.17, 15) is 0 Å². The molecule has 4 heteroatoms. The summed E-state index contributed by atoms with van der Waals surface area (Å²) in [4.78, 5) is 7.13. The summed E-state index contributed by atoms with van der Waals surface area (Å²) in [5, 5.41) is 8.25. The summed E-state index contributed by atoms with van der Waals surface area (Å²) in [7, 11) is 0. The van der Waals surface area contributed by atoms with Crippen LogP contribution in [0, 0.1) is 5.41 Å². The highest BCUT2D eigenvalue weighted by molar-refractivity contribution is 5.85. The molecule has 3 rings (SSSR count). The first kappa shape index (κ1) is 10.9. The van der Waals surface area contributed by atoms with Crippen molar-refractivity contribution in [3.63, 3.8) is 0 Å². The number of amidine groups is 1. The second kappa shape index (κ2) is 4.49. The van der Waals surface area contributed by atoms with Crippen LogP contribution in [0.3, 0.4) is 0 Å². The number of likely N-dealkylation sites (N-methyl/N-ethyl adjacent to an activating group) is 1. The van der Waals surface area contributed by atoms with Gasteiger partial charge in [-0.1, -0.05) is 0 Å². The highest BCUT2D eigenvalue weighted by atomic mass is 15.4. The molecule has 0 radical (unpaired) electrons. The van der Waals surface area contributed by atoms with Crippen molar-refractivity contribution in [2.75, 3.05) is 45.8 Å². The zero-order valence-electron chi connectivity index (χ0n) is 9.87. The molecule has 0 spiro atoms. The lowest BCUT2D eigenvalue weighted by atomic mass is 10.1. The molecule has 0 aliphatic carbocycles. The van der Waals surface area contributed by atoms with Gasteiger partial charge in [0.1, 0.15) is 5.84 Å². The van der Waals surface area contributed by atoms with Crippen LogP contribution < -0.4 is 0 Å². The Hall–Kier alpha value is -0.610. The van der Waals surface area contributed by atoms with Crippen LogP contribution in [0.25, 0.3) is 0 Å². The summed E-state index contributed by atoms with van der Waals surface area (Å²) >= 11 is 0. The summed E-state index contributed by atoms with van der Waals surface area (Å²) in [5.41, 5.74) is 0. The molecule has 0 aromatic heterocycles. The standard InChI is InChI=1S/C11H22N4/c1-3-14(4-2)11(12)10-9-13-5-7-15(10)8-6-13/h10,12H,3-9H2,1-2H3. The number of piperazine rings is 3. The largest absolute Gasteiger partial charge is 0.360 e. The smallest absolute Gasteiger partial charge is 0.115 e. The second-order valence-electron chi connectivity index (χ2n) is 4.41. The predicted octanol–water partition coefficient (Wildman–Crippen LogP) is 0.305. The molecule has 3 fully saturated rings. The van der Waals surface area contributed by atoms with Gasteiger partial charge in [-0.25, -0.2) is 0 Å². The maximum atomic E-state index is 8.25. The molecule has 0 aromatic rings. The van der Waals surface area contributed by atoms with Crippen LogP contribution in [0.4, 0.5) is 0 Å². The fourth-order valence-corrected chi connectivity index (χ4v) is 2.65. The molecule has 3 aliphatic heterocycles. The number of rotatable bonds is 3. The summed E-state index contributed by atoms with van der Waals surface area (Å²) in [6.45, 7) is 11.9. The van der Waals surface area contributed by atoms with E-state index in [0.29, 0.717) is 6.04 Å². The van der Waals surface area contributed by atoms with Crippen molar-refractivity contribution in [3.05, 3.63) is 0 Å². The van der Waals surface area contributed by atoms with E-state index in [2.05, 4.69) is 28.5 Å². The molecule has 86 valence electrons. The van der Waals surface area contributed by atoms with E-state index in [1.807, 2.05) is 0 Å². The van der Waals surface area contributed by atoms with Gasteiger partial charge in [0.15, 0.2) is 0 Å². The lowest BCUT2D eigenvalue weighted by Crippen LogP contribution is -2.65. The third kappa shape index (κ3) is 2.01. The van der Waals surface area contributed by atoms with Gasteiger partial charge in [0.2, 0.25) is 0 Å². The van der Waals surface area contributed by atoms with Gasteiger partial charge >= 0.3 is 0 Å². The van der Waals surface area contributed by atoms with Gasteiger partial charge in [-0.3, -0.25) is 15.2 Å². The molecule has 0 saturated carbocycles. The number of hydrogen-bond donors (Lipinski definition) is 1. The molecule has 15 heavy (non-hydrogen) atoms. The molecule has 4 nitrogen and oxygen atoms in total.